The number of thioether (sulfide) groups is 1. The Morgan fingerprint density at radius 1 is 1.36 bits per heavy atom. The van der Waals surface area contributed by atoms with E-state index < -0.39 is 9.84 Å². The number of benzene rings is 1. The first-order valence-corrected chi connectivity index (χ1v) is 12.6. The molecule has 2 aliphatic heterocycles. The minimum Gasteiger partial charge on any atom is -0.494 e. The highest BCUT2D eigenvalue weighted by Gasteiger charge is 2.49. The molecule has 3 rings (SSSR count). The summed E-state index contributed by atoms with van der Waals surface area (Å²) in [5.41, 5.74) is 0.821. The molecule has 2 saturated heterocycles. The number of amidine groups is 1. The van der Waals surface area contributed by atoms with Gasteiger partial charge in [-0.05, 0) is 25.0 Å². The largest absolute Gasteiger partial charge is 0.494 e. The minimum atomic E-state index is -3.08. The first-order valence-electron chi connectivity index (χ1n) is 9.86. The van der Waals surface area contributed by atoms with Gasteiger partial charge in [0.2, 0.25) is 0 Å². The van der Waals surface area contributed by atoms with Gasteiger partial charge >= 0.3 is 0 Å². The molecule has 0 N–H and O–H groups in total. The predicted octanol–water partition coefficient (Wildman–Crippen LogP) is 3.51. The summed E-state index contributed by atoms with van der Waals surface area (Å²) in [6.45, 7) is 6.58. The Hall–Kier alpha value is -1.54. The molecular weight excluding hydrogens is 396 g/mol. The molecule has 1 aromatic rings. The molecule has 8 heteroatoms. The lowest BCUT2D eigenvalue weighted by Gasteiger charge is -2.25. The zero-order chi connectivity index (χ0) is 20.3. The van der Waals surface area contributed by atoms with Crippen molar-refractivity contribution in [1.82, 2.24) is 0 Å². The number of aliphatic imine (C=N–C) groups is 1. The number of sulfone groups is 1. The van der Waals surface area contributed by atoms with Crippen molar-refractivity contribution < 1.29 is 17.9 Å². The summed E-state index contributed by atoms with van der Waals surface area (Å²) < 4.78 is 30.2. The summed E-state index contributed by atoms with van der Waals surface area (Å²) >= 11 is 1.41. The molecule has 1 aromatic carbocycles. The third kappa shape index (κ3) is 4.71. The van der Waals surface area contributed by atoms with Crippen LogP contribution in [0.2, 0.25) is 0 Å². The van der Waals surface area contributed by atoms with Crippen molar-refractivity contribution in [3.05, 3.63) is 24.3 Å². The Morgan fingerprint density at radius 2 is 2.14 bits per heavy atom. The fourth-order valence-electron chi connectivity index (χ4n) is 3.30. The minimum absolute atomic E-state index is 0.0854. The van der Waals surface area contributed by atoms with Crippen molar-refractivity contribution in [2.75, 3.05) is 23.0 Å². The second kappa shape index (κ2) is 8.86. The van der Waals surface area contributed by atoms with Crippen LogP contribution in [0.25, 0.3) is 0 Å². The molecule has 0 saturated carbocycles. The molecular formula is C20H28N2O4S2. The van der Waals surface area contributed by atoms with Gasteiger partial charge in [-0.15, -0.1) is 0 Å². The van der Waals surface area contributed by atoms with Gasteiger partial charge in [0.1, 0.15) is 5.75 Å². The first-order chi connectivity index (χ1) is 13.3. The Bertz CT molecular complexity index is 854. The van der Waals surface area contributed by atoms with Crippen LogP contribution in [-0.4, -0.2) is 48.9 Å². The number of rotatable bonds is 7. The Kier molecular flexibility index (Phi) is 6.70. The monoisotopic (exact) mass is 424 g/mol. The summed E-state index contributed by atoms with van der Waals surface area (Å²) in [6, 6.07) is 7.42. The molecule has 2 fully saturated rings. The molecule has 154 valence electrons. The maximum atomic E-state index is 12.4. The SMILES string of the molecule is CCCCOc1cccc(N2C(=NC(=O)[C@@H](C)CC)S[C@@H]3CS(=O)(=O)C[C@H]32)c1. The molecule has 2 aliphatic rings. The van der Waals surface area contributed by atoms with E-state index in [9.17, 15) is 13.2 Å². The molecule has 0 aliphatic carbocycles. The fraction of sp³-hybridized carbons (Fsp3) is 0.600. The molecule has 0 unspecified atom stereocenters. The number of hydrogen-bond donors (Lipinski definition) is 0. The van der Waals surface area contributed by atoms with Crippen LogP contribution in [0.3, 0.4) is 0 Å². The van der Waals surface area contributed by atoms with Gasteiger partial charge in [0.25, 0.3) is 5.91 Å². The zero-order valence-corrected chi connectivity index (χ0v) is 18.3. The van der Waals surface area contributed by atoms with Gasteiger partial charge in [0, 0.05) is 22.9 Å². The molecule has 0 radical (unpaired) electrons. The van der Waals surface area contributed by atoms with Crippen molar-refractivity contribution in [2.45, 2.75) is 51.3 Å². The van der Waals surface area contributed by atoms with E-state index >= 15 is 0 Å². The standard InChI is InChI=1S/C20H28N2O4S2/c1-4-6-10-26-16-9-7-8-15(11-16)22-17-12-28(24,25)13-18(17)27-20(22)21-19(23)14(3)5-2/h7-9,11,14,17-18H,4-6,10,12-13H2,1-3H3/t14-,17+,18+/m0/s1. The second-order valence-corrected chi connectivity index (χ2v) is 10.8. The van der Waals surface area contributed by atoms with E-state index in [1.54, 1.807) is 0 Å². The maximum Gasteiger partial charge on any atom is 0.250 e. The van der Waals surface area contributed by atoms with E-state index in [-0.39, 0.29) is 34.6 Å². The van der Waals surface area contributed by atoms with Gasteiger partial charge in [0.15, 0.2) is 15.0 Å². The number of hydrogen-bond acceptors (Lipinski definition) is 5. The Labute approximate surface area is 171 Å². The quantitative estimate of drug-likeness (QED) is 0.624. The number of fused-ring (bicyclic) bond motifs is 1. The van der Waals surface area contributed by atoms with Crippen molar-refractivity contribution in [3.8, 4) is 5.75 Å². The number of nitrogens with zero attached hydrogens (tertiary/aromatic N) is 2. The first kappa shape index (κ1) is 21.2. The van der Waals surface area contributed by atoms with E-state index in [1.807, 2.05) is 43.0 Å². The zero-order valence-electron chi connectivity index (χ0n) is 16.6. The lowest BCUT2D eigenvalue weighted by molar-refractivity contribution is -0.121. The highest BCUT2D eigenvalue weighted by atomic mass is 32.2. The Morgan fingerprint density at radius 3 is 2.86 bits per heavy atom. The van der Waals surface area contributed by atoms with Crippen molar-refractivity contribution in [1.29, 1.82) is 0 Å². The van der Waals surface area contributed by atoms with E-state index in [0.717, 1.165) is 30.7 Å². The van der Waals surface area contributed by atoms with Crippen LogP contribution in [0.15, 0.2) is 29.3 Å². The second-order valence-electron chi connectivity index (χ2n) is 7.41. The van der Waals surface area contributed by atoms with Crippen LogP contribution in [0.1, 0.15) is 40.0 Å². The van der Waals surface area contributed by atoms with Crippen molar-refractivity contribution in [2.24, 2.45) is 10.9 Å². The van der Waals surface area contributed by atoms with E-state index in [4.69, 9.17) is 4.74 Å². The van der Waals surface area contributed by atoms with Crippen LogP contribution in [0.5, 0.6) is 5.75 Å². The third-order valence-electron chi connectivity index (χ3n) is 5.17. The van der Waals surface area contributed by atoms with Crippen LogP contribution < -0.4 is 9.64 Å². The summed E-state index contributed by atoms with van der Waals surface area (Å²) in [6.07, 6.45) is 2.75. The average Bonchev–Trinajstić information content (AvgIpc) is 3.12. The Balaban J connectivity index is 1.92. The molecule has 0 aromatic heterocycles. The summed E-state index contributed by atoms with van der Waals surface area (Å²) in [5.74, 6) is 0.647. The lowest BCUT2D eigenvalue weighted by Crippen LogP contribution is -2.37. The normalized spacial score (nSPS) is 25.7. The summed E-state index contributed by atoms with van der Waals surface area (Å²) in [4.78, 5) is 18.7. The highest BCUT2D eigenvalue weighted by molar-refractivity contribution is 8.16. The van der Waals surface area contributed by atoms with Gasteiger partial charge < -0.3 is 9.64 Å². The topological polar surface area (TPSA) is 76.0 Å². The van der Waals surface area contributed by atoms with Gasteiger partial charge in [-0.2, -0.15) is 4.99 Å². The molecule has 0 spiro atoms. The molecule has 3 atom stereocenters. The van der Waals surface area contributed by atoms with Gasteiger partial charge in [-0.3, -0.25) is 4.79 Å². The van der Waals surface area contributed by atoms with E-state index in [0.29, 0.717) is 11.8 Å². The summed E-state index contributed by atoms with van der Waals surface area (Å²) in [7, 11) is -3.08. The predicted molar refractivity (Wildman–Crippen MR) is 115 cm³/mol. The van der Waals surface area contributed by atoms with Gasteiger partial charge in [0.05, 0.1) is 24.2 Å². The lowest BCUT2D eigenvalue weighted by atomic mass is 10.1. The van der Waals surface area contributed by atoms with Crippen LogP contribution >= 0.6 is 11.8 Å². The van der Waals surface area contributed by atoms with Gasteiger partial charge in [-0.25, -0.2) is 8.42 Å². The molecule has 2 heterocycles. The van der Waals surface area contributed by atoms with Crippen LogP contribution in [-0.2, 0) is 14.6 Å². The fourth-order valence-corrected chi connectivity index (χ4v) is 7.22. The molecule has 1 amide bonds. The number of carbonyl (C=O) groups is 1. The maximum absolute atomic E-state index is 12.4. The van der Waals surface area contributed by atoms with E-state index in [1.165, 1.54) is 11.8 Å². The van der Waals surface area contributed by atoms with Crippen molar-refractivity contribution in [3.63, 3.8) is 0 Å². The smallest absolute Gasteiger partial charge is 0.250 e. The van der Waals surface area contributed by atoms with E-state index in [2.05, 4.69) is 11.9 Å². The summed E-state index contributed by atoms with van der Waals surface area (Å²) in [5, 5.41) is 0.499. The number of carbonyl (C=O) groups excluding carboxylic acids is 1. The molecule has 28 heavy (non-hydrogen) atoms. The number of anilines is 1. The highest BCUT2D eigenvalue weighted by Crippen LogP contribution is 2.41. The number of unbranched alkanes of at least 4 members (excludes halogenated alkanes) is 1. The number of ether oxygens (including phenoxy) is 1. The van der Waals surface area contributed by atoms with Crippen molar-refractivity contribution >= 4 is 38.4 Å². The average molecular weight is 425 g/mol. The third-order valence-corrected chi connectivity index (χ3v) is 8.38. The molecule has 6 nitrogen and oxygen atoms in total. The van der Waals surface area contributed by atoms with Crippen LogP contribution in [0, 0.1) is 5.92 Å². The van der Waals surface area contributed by atoms with Crippen LogP contribution in [0.4, 0.5) is 5.69 Å². The number of amides is 1. The molecule has 0 bridgehead atoms. The van der Waals surface area contributed by atoms with Gasteiger partial charge in [-0.1, -0.05) is 45.0 Å².